The first-order valence-corrected chi connectivity index (χ1v) is 7.86. The van der Waals surface area contributed by atoms with Crippen molar-refractivity contribution in [3.8, 4) is 11.5 Å². The first kappa shape index (κ1) is 18.4. The molecule has 2 aromatic carbocycles. The third-order valence-corrected chi connectivity index (χ3v) is 3.57. The van der Waals surface area contributed by atoms with E-state index in [2.05, 4.69) is 10.5 Å². The van der Waals surface area contributed by atoms with Crippen LogP contribution in [0.1, 0.15) is 5.56 Å². The minimum Gasteiger partial charge on any atom is -0.495 e. The van der Waals surface area contributed by atoms with E-state index in [9.17, 15) is 4.79 Å². The molecule has 8 heteroatoms. The Morgan fingerprint density at radius 1 is 1.17 bits per heavy atom. The molecule has 126 valence electrons. The molecule has 0 aliphatic carbocycles. The molecule has 0 saturated heterocycles. The Bertz CT molecular complexity index is 749. The number of nitrogens with one attached hydrogen (secondary N) is 1. The molecule has 0 atom stereocenters. The maximum absolute atomic E-state index is 11.7. The van der Waals surface area contributed by atoms with Crippen LogP contribution in [0.15, 0.2) is 41.5 Å². The zero-order valence-corrected chi connectivity index (χ0v) is 14.8. The van der Waals surface area contributed by atoms with E-state index < -0.39 is 5.91 Å². The highest BCUT2D eigenvalue weighted by molar-refractivity contribution is 6.36. The van der Waals surface area contributed by atoms with Gasteiger partial charge in [0.1, 0.15) is 11.5 Å². The molecule has 1 N–H and O–H groups in total. The van der Waals surface area contributed by atoms with Crippen LogP contribution in [-0.2, 0) is 4.79 Å². The van der Waals surface area contributed by atoms with Gasteiger partial charge in [-0.1, -0.05) is 34.8 Å². The number of amides is 1. The maximum Gasteiger partial charge on any atom is 0.277 e. The summed E-state index contributed by atoms with van der Waals surface area (Å²) in [7, 11) is 1.48. The number of hydrazone groups is 1. The van der Waals surface area contributed by atoms with Gasteiger partial charge in [0.2, 0.25) is 0 Å². The lowest BCUT2D eigenvalue weighted by atomic mass is 10.2. The topological polar surface area (TPSA) is 59.9 Å². The Hall–Kier alpha value is -1.95. The van der Waals surface area contributed by atoms with E-state index in [1.807, 2.05) is 0 Å². The molecule has 1 amide bonds. The maximum atomic E-state index is 11.7. The van der Waals surface area contributed by atoms with Gasteiger partial charge in [-0.3, -0.25) is 4.79 Å². The number of nitrogens with zero attached hydrogens (tertiary/aromatic N) is 1. The lowest BCUT2D eigenvalue weighted by Crippen LogP contribution is -2.24. The van der Waals surface area contributed by atoms with Gasteiger partial charge in [0.15, 0.2) is 6.61 Å². The average molecular weight is 388 g/mol. The fourth-order valence-electron chi connectivity index (χ4n) is 1.78. The number of hydrogen-bond donors (Lipinski definition) is 1. The first-order chi connectivity index (χ1) is 11.5. The molecular formula is C16H13Cl3N2O3. The van der Waals surface area contributed by atoms with E-state index in [1.165, 1.54) is 13.3 Å². The van der Waals surface area contributed by atoms with Gasteiger partial charge in [-0.25, -0.2) is 5.43 Å². The Balaban J connectivity index is 1.91. The molecule has 0 aromatic heterocycles. The van der Waals surface area contributed by atoms with Crippen molar-refractivity contribution in [2.45, 2.75) is 0 Å². The Morgan fingerprint density at radius 2 is 1.88 bits per heavy atom. The number of hydrogen-bond acceptors (Lipinski definition) is 4. The van der Waals surface area contributed by atoms with Crippen molar-refractivity contribution < 1.29 is 14.3 Å². The highest BCUT2D eigenvalue weighted by atomic mass is 35.5. The number of carbonyl (C=O) groups excluding carboxylic acids is 1. The van der Waals surface area contributed by atoms with Crippen LogP contribution in [0.25, 0.3) is 0 Å². The van der Waals surface area contributed by atoms with Crippen molar-refractivity contribution >= 4 is 46.9 Å². The average Bonchev–Trinajstić information content (AvgIpc) is 2.54. The van der Waals surface area contributed by atoms with E-state index >= 15 is 0 Å². The van der Waals surface area contributed by atoms with Gasteiger partial charge in [-0.2, -0.15) is 5.10 Å². The van der Waals surface area contributed by atoms with E-state index in [-0.39, 0.29) is 6.61 Å². The van der Waals surface area contributed by atoms with Crippen LogP contribution in [0.4, 0.5) is 0 Å². The van der Waals surface area contributed by atoms with Gasteiger partial charge in [0, 0.05) is 15.6 Å². The largest absolute Gasteiger partial charge is 0.495 e. The molecule has 0 spiro atoms. The van der Waals surface area contributed by atoms with Gasteiger partial charge in [0.25, 0.3) is 5.91 Å². The van der Waals surface area contributed by atoms with Crippen molar-refractivity contribution in [3.63, 3.8) is 0 Å². The zero-order chi connectivity index (χ0) is 17.5. The third kappa shape index (κ3) is 5.30. The first-order valence-electron chi connectivity index (χ1n) is 6.73. The number of benzene rings is 2. The van der Waals surface area contributed by atoms with Crippen LogP contribution in [0, 0.1) is 0 Å². The number of methoxy groups -OCH3 is 1. The number of ether oxygens (including phenoxy) is 2. The lowest BCUT2D eigenvalue weighted by Gasteiger charge is -2.07. The Kier molecular flexibility index (Phi) is 6.73. The molecule has 0 saturated carbocycles. The summed E-state index contributed by atoms with van der Waals surface area (Å²) in [5.41, 5.74) is 2.88. The van der Waals surface area contributed by atoms with Crippen LogP contribution < -0.4 is 14.9 Å². The molecule has 0 unspecified atom stereocenters. The molecule has 0 bridgehead atoms. The second-order valence-electron chi connectivity index (χ2n) is 4.55. The molecule has 0 fully saturated rings. The van der Waals surface area contributed by atoms with Crippen LogP contribution in [0.3, 0.4) is 0 Å². The highest BCUT2D eigenvalue weighted by Gasteiger charge is 2.08. The molecule has 2 aromatic rings. The van der Waals surface area contributed by atoms with Crippen LogP contribution >= 0.6 is 34.8 Å². The summed E-state index contributed by atoms with van der Waals surface area (Å²) < 4.78 is 10.5. The molecule has 0 radical (unpaired) electrons. The van der Waals surface area contributed by atoms with Crippen molar-refractivity contribution in [2.24, 2.45) is 5.10 Å². The normalized spacial score (nSPS) is 10.7. The predicted molar refractivity (Wildman–Crippen MR) is 95.7 cm³/mol. The second kappa shape index (κ2) is 8.78. The van der Waals surface area contributed by atoms with E-state index in [0.29, 0.717) is 32.1 Å². The number of halogens is 3. The fraction of sp³-hybridized carbons (Fsp3) is 0.125. The van der Waals surface area contributed by atoms with Gasteiger partial charge in [0.05, 0.1) is 18.3 Å². The van der Waals surface area contributed by atoms with E-state index in [4.69, 9.17) is 44.3 Å². The van der Waals surface area contributed by atoms with Gasteiger partial charge < -0.3 is 9.47 Å². The lowest BCUT2D eigenvalue weighted by molar-refractivity contribution is -0.123. The summed E-state index contributed by atoms with van der Waals surface area (Å²) in [6.45, 7) is -0.188. The van der Waals surface area contributed by atoms with Crippen LogP contribution in [0.2, 0.25) is 15.1 Å². The monoisotopic (exact) mass is 386 g/mol. The molecule has 0 aliphatic heterocycles. The molecule has 5 nitrogen and oxygen atoms in total. The molecule has 2 rings (SSSR count). The summed E-state index contributed by atoms with van der Waals surface area (Å²) in [4.78, 5) is 11.7. The summed E-state index contributed by atoms with van der Waals surface area (Å²) in [6, 6.07) is 9.84. The second-order valence-corrected chi connectivity index (χ2v) is 5.83. The fourth-order valence-corrected chi connectivity index (χ4v) is 2.49. The van der Waals surface area contributed by atoms with Crippen molar-refractivity contribution in [3.05, 3.63) is 57.0 Å². The molecule has 0 heterocycles. The number of rotatable bonds is 6. The minimum atomic E-state index is -0.423. The van der Waals surface area contributed by atoms with Crippen LogP contribution in [0.5, 0.6) is 11.5 Å². The predicted octanol–water partition coefficient (Wildman–Crippen LogP) is 4.18. The molecule has 0 aliphatic rings. The van der Waals surface area contributed by atoms with Gasteiger partial charge >= 0.3 is 0 Å². The van der Waals surface area contributed by atoms with E-state index in [1.54, 1.807) is 36.4 Å². The third-order valence-electron chi connectivity index (χ3n) is 2.82. The standard InChI is InChI=1S/C16H13Cl3N2O3/c1-23-16-10(6-12(18)7-14(16)19)8-20-21-15(22)9-24-13-4-2-11(17)3-5-13/h2-8H,9H2,1H3,(H,21,22)/b20-8+. The summed E-state index contributed by atoms with van der Waals surface area (Å²) in [5.74, 6) is 0.520. The summed E-state index contributed by atoms with van der Waals surface area (Å²) >= 11 is 17.7. The SMILES string of the molecule is COc1c(Cl)cc(Cl)cc1/C=N/NC(=O)COc1ccc(Cl)cc1. The minimum absolute atomic E-state index is 0.188. The highest BCUT2D eigenvalue weighted by Crippen LogP contribution is 2.31. The Morgan fingerprint density at radius 3 is 2.54 bits per heavy atom. The van der Waals surface area contributed by atoms with Crippen molar-refractivity contribution in [1.29, 1.82) is 0 Å². The Labute approximate surface area is 154 Å². The molecular weight excluding hydrogens is 375 g/mol. The van der Waals surface area contributed by atoms with E-state index in [0.717, 1.165) is 0 Å². The summed E-state index contributed by atoms with van der Waals surface area (Å²) in [5, 5.41) is 5.21. The van der Waals surface area contributed by atoms with Gasteiger partial charge in [-0.05, 0) is 36.4 Å². The quantitative estimate of drug-likeness (QED) is 0.597. The number of carbonyl (C=O) groups is 1. The smallest absolute Gasteiger partial charge is 0.277 e. The van der Waals surface area contributed by atoms with Gasteiger partial charge in [-0.15, -0.1) is 0 Å². The zero-order valence-electron chi connectivity index (χ0n) is 12.6. The van der Waals surface area contributed by atoms with Crippen molar-refractivity contribution in [2.75, 3.05) is 13.7 Å². The molecule has 24 heavy (non-hydrogen) atoms. The van der Waals surface area contributed by atoms with Crippen molar-refractivity contribution in [1.82, 2.24) is 5.43 Å². The summed E-state index contributed by atoms with van der Waals surface area (Å²) in [6.07, 6.45) is 1.39. The van der Waals surface area contributed by atoms with Crippen LogP contribution in [-0.4, -0.2) is 25.8 Å².